The Morgan fingerprint density at radius 1 is 0.881 bits per heavy atom. The van der Waals surface area contributed by atoms with Crippen LogP contribution in [0.4, 0.5) is 27.4 Å². The number of H-pyrrole nitrogens is 1. The molecule has 0 unspecified atom stereocenters. The molecule has 0 fully saturated rings. The van der Waals surface area contributed by atoms with Gasteiger partial charge < -0.3 is 36.5 Å². The maximum atomic E-state index is 13.7. The van der Waals surface area contributed by atoms with Gasteiger partial charge in [0, 0.05) is 23.4 Å². The van der Waals surface area contributed by atoms with Crippen LogP contribution in [0.3, 0.4) is 0 Å². The molecule has 0 bridgehead atoms. The van der Waals surface area contributed by atoms with Gasteiger partial charge in [-0.1, -0.05) is 18.2 Å². The van der Waals surface area contributed by atoms with Gasteiger partial charge in [0.1, 0.15) is 12.7 Å². The number of alkyl halides is 1. The Bertz CT molecular complexity index is 2410. The van der Waals surface area contributed by atoms with Gasteiger partial charge in [-0.15, -0.1) is 0 Å². The first-order valence-corrected chi connectivity index (χ1v) is 19.5. The van der Waals surface area contributed by atoms with E-state index < -0.39 is 56.3 Å². The molecule has 2 aromatic heterocycles. The summed E-state index contributed by atoms with van der Waals surface area (Å²) in [6.07, 6.45) is 0.713. The lowest BCUT2D eigenvalue weighted by molar-refractivity contribution is -0.140. The molecule has 0 radical (unpaired) electrons. The van der Waals surface area contributed by atoms with E-state index >= 15 is 0 Å². The third-order valence-corrected chi connectivity index (χ3v) is 9.85. The van der Waals surface area contributed by atoms with Crippen LogP contribution in [0.15, 0.2) is 77.7 Å². The highest BCUT2D eigenvalue weighted by Gasteiger charge is 2.25. The second-order valence-corrected chi connectivity index (χ2v) is 14.2. The first-order valence-electron chi connectivity index (χ1n) is 18.0. The molecule has 19 nitrogen and oxygen atoms in total. The summed E-state index contributed by atoms with van der Waals surface area (Å²) in [7, 11) is -3.72. The number of aromatic nitrogens is 4. The third kappa shape index (κ3) is 12.2. The van der Waals surface area contributed by atoms with Gasteiger partial charge in [-0.2, -0.15) is 4.98 Å². The zero-order valence-corrected chi connectivity index (χ0v) is 32.6. The molecule has 0 saturated carbocycles. The molecule has 0 spiro atoms. The summed E-state index contributed by atoms with van der Waals surface area (Å²) >= 11 is 0. The number of carbonyl (C=O) groups excluding carboxylic acids is 2. The number of aliphatic carboxylic acids is 2. The van der Waals surface area contributed by atoms with Gasteiger partial charge in [0.2, 0.25) is 5.95 Å². The Kier molecular flexibility index (Phi) is 14.9. The monoisotopic (exact) mass is 834 g/mol. The number of phosphoric ester groups is 1. The van der Waals surface area contributed by atoms with Crippen LogP contribution in [0.25, 0.3) is 11.2 Å². The maximum Gasteiger partial charge on any atom is 0.475 e. The average Bonchev–Trinajstić information content (AvgIpc) is 3.21. The van der Waals surface area contributed by atoms with Crippen molar-refractivity contribution in [3.8, 4) is 0 Å². The summed E-state index contributed by atoms with van der Waals surface area (Å²) in [6, 6.07) is 15.5. The number of carboxylic acids is 2. The number of phosphoric acid groups is 1. The third-order valence-electron chi connectivity index (χ3n) is 8.26. The van der Waals surface area contributed by atoms with Gasteiger partial charge >= 0.3 is 25.3 Å². The molecule has 0 aliphatic rings. The van der Waals surface area contributed by atoms with Crippen LogP contribution in [0, 0.1) is 0 Å². The molecule has 0 aliphatic carbocycles. The van der Waals surface area contributed by atoms with Crippen LogP contribution in [0.2, 0.25) is 0 Å². The lowest BCUT2D eigenvalue weighted by Gasteiger charge is -2.16. The first kappa shape index (κ1) is 43.5. The van der Waals surface area contributed by atoms with Crippen LogP contribution in [0.5, 0.6) is 0 Å². The number of nitrogens with zero attached hydrogens (tertiary/aromatic N) is 3. The number of fused-ring (bicyclic) bond motifs is 1. The van der Waals surface area contributed by atoms with E-state index in [2.05, 4.69) is 41.2 Å². The van der Waals surface area contributed by atoms with E-state index in [0.29, 0.717) is 22.6 Å². The lowest BCUT2D eigenvalue weighted by atomic mass is 10.1. The smallest absolute Gasteiger partial charge is 0.475 e. The zero-order valence-electron chi connectivity index (χ0n) is 31.7. The van der Waals surface area contributed by atoms with E-state index in [4.69, 9.17) is 18.7 Å². The molecule has 310 valence electrons. The quantitative estimate of drug-likeness (QED) is 0.0447. The summed E-state index contributed by atoms with van der Waals surface area (Å²) in [4.78, 5) is 76.9. The van der Waals surface area contributed by atoms with Crippen molar-refractivity contribution in [2.24, 2.45) is 0 Å². The number of carbonyl (C=O) groups is 4. The Morgan fingerprint density at radius 2 is 1.56 bits per heavy atom. The van der Waals surface area contributed by atoms with E-state index in [-0.39, 0.29) is 72.3 Å². The van der Waals surface area contributed by atoms with Crippen LogP contribution < -0.4 is 26.8 Å². The fraction of sp³-hybridized carbons (Fsp3) is 0.263. The van der Waals surface area contributed by atoms with Crippen molar-refractivity contribution in [2.45, 2.75) is 52.6 Å². The van der Waals surface area contributed by atoms with Gasteiger partial charge in [0.05, 0.1) is 49.5 Å². The van der Waals surface area contributed by atoms with Crippen molar-refractivity contribution in [1.82, 2.24) is 25.3 Å². The lowest BCUT2D eigenvalue weighted by Crippen LogP contribution is -2.41. The van der Waals surface area contributed by atoms with Crippen LogP contribution in [-0.4, -0.2) is 73.2 Å². The molecule has 0 saturated heterocycles. The minimum atomic E-state index is -3.72. The fourth-order valence-electron chi connectivity index (χ4n) is 5.37. The van der Waals surface area contributed by atoms with Gasteiger partial charge in [-0.05, 0) is 79.9 Å². The number of nitrogens with one attached hydrogen (secondary N) is 5. The first-order chi connectivity index (χ1) is 28.3. The highest BCUT2D eigenvalue weighted by molar-refractivity contribution is 7.48. The van der Waals surface area contributed by atoms with Crippen LogP contribution >= 0.6 is 7.82 Å². The van der Waals surface area contributed by atoms with Crippen molar-refractivity contribution in [3.63, 3.8) is 0 Å². The van der Waals surface area contributed by atoms with Crippen molar-refractivity contribution < 1.29 is 51.9 Å². The molecular weight excluding hydrogens is 794 g/mol. The number of hydrogen-bond acceptors (Lipinski definition) is 14. The summed E-state index contributed by atoms with van der Waals surface area (Å²) in [5.41, 5.74) is 1.87. The molecule has 5 aromatic rings. The second-order valence-electron chi connectivity index (χ2n) is 12.5. The summed E-state index contributed by atoms with van der Waals surface area (Å²) in [5, 5.41) is 29.2. The van der Waals surface area contributed by atoms with E-state index in [1.54, 1.807) is 50.2 Å². The molecule has 1 atom stereocenters. The molecule has 0 aliphatic heterocycles. The number of rotatable bonds is 21. The van der Waals surface area contributed by atoms with Gasteiger partial charge in [0.25, 0.3) is 11.8 Å². The van der Waals surface area contributed by atoms with Crippen molar-refractivity contribution in [1.29, 1.82) is 0 Å². The highest BCUT2D eigenvalue weighted by Crippen LogP contribution is 2.49. The summed E-state index contributed by atoms with van der Waals surface area (Å²) in [5.74, 6) is -3.87. The summed E-state index contributed by atoms with van der Waals surface area (Å²) < 4.78 is 42.0. The average molecular weight is 835 g/mol. The predicted molar refractivity (Wildman–Crippen MR) is 212 cm³/mol. The second kappa shape index (κ2) is 20.2. The number of hydrogen-bond donors (Lipinski definition) is 7. The molecule has 59 heavy (non-hydrogen) atoms. The SMILES string of the molecule is CCOP(=O)(OCC)OCc1ccc(NC(=O)c2ccc(CF)cc2Nc2nc(=O)c3nc(CNc4ccc(C(=O)N[C@@H](CCC(=O)O)C(=O)O)cc4)cnc3[nH]2)cc1. The largest absolute Gasteiger partial charge is 0.481 e. The van der Waals surface area contributed by atoms with Crippen molar-refractivity contribution in [2.75, 3.05) is 29.2 Å². The number of benzene rings is 3. The number of carboxylic acid groups (broad SMARTS) is 2. The Morgan fingerprint density at radius 3 is 2.20 bits per heavy atom. The minimum absolute atomic E-state index is 0.0670. The maximum absolute atomic E-state index is 13.7. The van der Waals surface area contributed by atoms with Crippen LogP contribution in [0.1, 0.15) is 64.2 Å². The number of amides is 2. The highest BCUT2D eigenvalue weighted by atomic mass is 31.2. The van der Waals surface area contributed by atoms with Gasteiger partial charge in [-0.25, -0.2) is 23.7 Å². The fourth-order valence-corrected chi connectivity index (χ4v) is 6.54. The Labute approximate surface area is 335 Å². The van der Waals surface area contributed by atoms with E-state index in [1.807, 2.05) is 0 Å². The molecule has 21 heteroatoms. The van der Waals surface area contributed by atoms with Gasteiger partial charge in [-0.3, -0.25) is 32.7 Å². The predicted octanol–water partition coefficient (Wildman–Crippen LogP) is 5.54. The Balaban J connectivity index is 1.23. The van der Waals surface area contributed by atoms with Crippen molar-refractivity contribution >= 4 is 65.8 Å². The van der Waals surface area contributed by atoms with E-state index in [1.165, 1.54) is 36.5 Å². The zero-order chi connectivity index (χ0) is 42.5. The number of halogens is 1. The molecule has 2 amide bonds. The molecule has 3 aromatic carbocycles. The number of aromatic amines is 1. The molecule has 5 rings (SSSR count). The topological polar surface area (TPSA) is 273 Å². The normalized spacial score (nSPS) is 11.8. The van der Waals surface area contributed by atoms with E-state index in [9.17, 15) is 38.0 Å². The Hall–Kier alpha value is -6.60. The van der Waals surface area contributed by atoms with Gasteiger partial charge in [0.15, 0.2) is 11.2 Å². The number of anilines is 4. The molecular formula is C38H40FN8O11P. The minimum Gasteiger partial charge on any atom is -0.481 e. The molecule has 7 N–H and O–H groups in total. The summed E-state index contributed by atoms with van der Waals surface area (Å²) in [6.45, 7) is 2.83. The van der Waals surface area contributed by atoms with Crippen LogP contribution in [-0.2, 0) is 47.6 Å². The molecule has 2 heterocycles. The van der Waals surface area contributed by atoms with Crippen molar-refractivity contribution in [3.05, 3.63) is 111 Å². The van der Waals surface area contributed by atoms with E-state index in [0.717, 1.165) is 0 Å². The standard InChI is InChI=1S/C38H40FN8O11P/c1-3-56-59(55,57-4-2)58-21-22-5-10-26(11-6-22)43-35(51)28-14-7-23(18-39)17-30(28)45-38-46-33-32(36(52)47-38)42-27(20-41-33)19-40-25-12-8-24(9-13-25)34(50)44-29(37(53)54)15-16-31(48)49/h5-14,17,20,29,40H,3-4,15-16,18-19,21H2,1-2H3,(H,43,51)(H,44,50)(H,48,49)(H,53,54)(H2,41,45,46,47,52)/t29-/m0/s1.